The van der Waals surface area contributed by atoms with Crippen molar-refractivity contribution in [2.45, 2.75) is 13.8 Å². The fourth-order valence-electron chi connectivity index (χ4n) is 2.39. The van der Waals surface area contributed by atoms with E-state index in [0.717, 1.165) is 41.8 Å². The maximum Gasteiger partial charge on any atom is 0.227 e. The molecule has 1 aromatic heterocycles. The molecule has 0 saturated carbocycles. The summed E-state index contributed by atoms with van der Waals surface area (Å²) in [5.74, 6) is 1.52. The maximum absolute atomic E-state index is 6.07. The maximum atomic E-state index is 6.07. The molecule has 0 unspecified atom stereocenters. The Morgan fingerprint density at radius 2 is 1.91 bits per heavy atom. The van der Waals surface area contributed by atoms with Crippen LogP contribution in [0, 0.1) is 13.8 Å². The van der Waals surface area contributed by atoms with E-state index in [9.17, 15) is 0 Å². The normalized spacial score (nSPS) is 15.0. The number of nitrogens with one attached hydrogen (secondary N) is 1. The van der Waals surface area contributed by atoms with Gasteiger partial charge in [0.1, 0.15) is 5.82 Å². The number of ether oxygens (including phenoxy) is 1. The Kier molecular flexibility index (Phi) is 4.45. The molecule has 1 saturated heterocycles. The summed E-state index contributed by atoms with van der Waals surface area (Å²) in [4.78, 5) is 11.3. The molecule has 6 heteroatoms. The lowest BCUT2D eigenvalue weighted by Gasteiger charge is -2.27. The van der Waals surface area contributed by atoms with E-state index in [0.29, 0.717) is 18.2 Å². The molecule has 5 nitrogen and oxygen atoms in total. The summed E-state index contributed by atoms with van der Waals surface area (Å²) in [5.41, 5.74) is 3.01. The highest BCUT2D eigenvalue weighted by Crippen LogP contribution is 2.24. The fourth-order valence-corrected chi connectivity index (χ4v) is 2.56. The van der Waals surface area contributed by atoms with Crippen LogP contribution in [-0.4, -0.2) is 36.3 Å². The summed E-state index contributed by atoms with van der Waals surface area (Å²) < 4.78 is 5.38. The molecule has 1 aromatic carbocycles. The van der Waals surface area contributed by atoms with Crippen LogP contribution in [0.2, 0.25) is 5.02 Å². The van der Waals surface area contributed by atoms with E-state index in [-0.39, 0.29) is 0 Å². The van der Waals surface area contributed by atoms with Crippen LogP contribution in [0.5, 0.6) is 0 Å². The van der Waals surface area contributed by atoms with Crippen LogP contribution in [0.25, 0.3) is 0 Å². The lowest BCUT2D eigenvalue weighted by Crippen LogP contribution is -2.37. The number of aromatic nitrogens is 2. The van der Waals surface area contributed by atoms with Gasteiger partial charge in [0, 0.05) is 35.6 Å². The molecule has 1 N–H and O–H groups in total. The second kappa shape index (κ2) is 6.50. The van der Waals surface area contributed by atoms with Crippen molar-refractivity contribution in [3.8, 4) is 0 Å². The van der Waals surface area contributed by atoms with Crippen molar-refractivity contribution in [1.82, 2.24) is 9.97 Å². The van der Waals surface area contributed by atoms with E-state index in [2.05, 4.69) is 20.2 Å². The smallest absolute Gasteiger partial charge is 0.227 e. The van der Waals surface area contributed by atoms with Gasteiger partial charge in [-0.05, 0) is 31.5 Å². The van der Waals surface area contributed by atoms with Gasteiger partial charge in [0.25, 0.3) is 0 Å². The molecule has 1 aliphatic rings. The molecule has 3 rings (SSSR count). The molecule has 1 aliphatic heterocycles. The number of anilines is 3. The van der Waals surface area contributed by atoms with Gasteiger partial charge in [-0.15, -0.1) is 0 Å². The number of morpholine rings is 1. The molecule has 116 valence electrons. The van der Waals surface area contributed by atoms with Crippen molar-refractivity contribution >= 4 is 29.1 Å². The lowest BCUT2D eigenvalue weighted by atomic mass is 10.2. The van der Waals surface area contributed by atoms with Crippen molar-refractivity contribution < 1.29 is 4.74 Å². The highest BCUT2D eigenvalue weighted by atomic mass is 35.5. The van der Waals surface area contributed by atoms with Crippen LogP contribution in [0.4, 0.5) is 17.5 Å². The zero-order chi connectivity index (χ0) is 15.5. The second-order valence-electron chi connectivity index (χ2n) is 5.38. The van der Waals surface area contributed by atoms with Gasteiger partial charge in [-0.2, -0.15) is 4.98 Å². The molecule has 0 radical (unpaired) electrons. The standard InChI is InChI=1S/C16H19ClN4O/c1-11-3-4-13(17)10-14(11)19-15-9-12(2)18-16(20-15)21-5-7-22-8-6-21/h3-4,9-10H,5-8H2,1-2H3,(H,18,19,20). The SMILES string of the molecule is Cc1cc(Nc2cc(Cl)ccc2C)nc(N2CCOCC2)n1. The molecule has 0 spiro atoms. The monoisotopic (exact) mass is 318 g/mol. The molecule has 0 aliphatic carbocycles. The third kappa shape index (κ3) is 3.48. The number of nitrogens with zero attached hydrogens (tertiary/aromatic N) is 3. The van der Waals surface area contributed by atoms with Crippen LogP contribution in [-0.2, 0) is 4.74 Å². The summed E-state index contributed by atoms with van der Waals surface area (Å²) in [6.07, 6.45) is 0. The number of rotatable bonds is 3. The molecule has 22 heavy (non-hydrogen) atoms. The third-order valence-electron chi connectivity index (χ3n) is 3.60. The third-order valence-corrected chi connectivity index (χ3v) is 3.83. The first-order valence-corrected chi connectivity index (χ1v) is 7.71. The minimum Gasteiger partial charge on any atom is -0.378 e. The molecule has 2 heterocycles. The van der Waals surface area contributed by atoms with Gasteiger partial charge in [0.15, 0.2) is 0 Å². The first kappa shape index (κ1) is 15.1. The van der Waals surface area contributed by atoms with Gasteiger partial charge in [-0.3, -0.25) is 0 Å². The average molecular weight is 319 g/mol. The highest BCUT2D eigenvalue weighted by Gasteiger charge is 2.15. The fraction of sp³-hybridized carbons (Fsp3) is 0.375. The quantitative estimate of drug-likeness (QED) is 0.940. The first-order valence-electron chi connectivity index (χ1n) is 7.33. The van der Waals surface area contributed by atoms with E-state index in [1.54, 1.807) is 0 Å². The summed E-state index contributed by atoms with van der Waals surface area (Å²) in [7, 11) is 0. The molecule has 1 fully saturated rings. The summed E-state index contributed by atoms with van der Waals surface area (Å²) in [5, 5.41) is 4.04. The van der Waals surface area contributed by atoms with Gasteiger partial charge in [-0.25, -0.2) is 4.98 Å². The molecule has 2 aromatic rings. The van der Waals surface area contributed by atoms with Gasteiger partial charge in [-0.1, -0.05) is 17.7 Å². The van der Waals surface area contributed by atoms with Crippen molar-refractivity contribution in [2.75, 3.05) is 36.5 Å². The number of benzene rings is 1. The van der Waals surface area contributed by atoms with Crippen molar-refractivity contribution in [3.63, 3.8) is 0 Å². The number of hydrogen-bond donors (Lipinski definition) is 1. The van der Waals surface area contributed by atoms with Gasteiger partial charge in [0.05, 0.1) is 13.2 Å². The minimum atomic E-state index is 0.701. The van der Waals surface area contributed by atoms with Gasteiger partial charge < -0.3 is 15.0 Å². The zero-order valence-electron chi connectivity index (χ0n) is 12.8. The minimum absolute atomic E-state index is 0.701. The van der Waals surface area contributed by atoms with Gasteiger partial charge in [0.2, 0.25) is 5.95 Å². The Morgan fingerprint density at radius 3 is 2.68 bits per heavy atom. The lowest BCUT2D eigenvalue weighted by molar-refractivity contribution is 0.122. The molecule has 0 atom stereocenters. The van der Waals surface area contributed by atoms with E-state index in [1.807, 2.05) is 38.1 Å². The number of hydrogen-bond acceptors (Lipinski definition) is 5. The number of halogens is 1. The van der Waals surface area contributed by atoms with E-state index >= 15 is 0 Å². The summed E-state index contributed by atoms with van der Waals surface area (Å²) >= 11 is 6.07. The van der Waals surface area contributed by atoms with E-state index in [4.69, 9.17) is 16.3 Å². The van der Waals surface area contributed by atoms with Crippen LogP contribution < -0.4 is 10.2 Å². The van der Waals surface area contributed by atoms with Crippen molar-refractivity contribution in [3.05, 3.63) is 40.5 Å². The second-order valence-corrected chi connectivity index (χ2v) is 5.81. The first-order chi connectivity index (χ1) is 10.6. The van der Waals surface area contributed by atoms with Crippen LogP contribution in [0.3, 0.4) is 0 Å². The Morgan fingerprint density at radius 1 is 1.14 bits per heavy atom. The summed E-state index contributed by atoms with van der Waals surface area (Å²) in [6, 6.07) is 7.71. The molecular formula is C16H19ClN4O. The zero-order valence-corrected chi connectivity index (χ0v) is 13.5. The van der Waals surface area contributed by atoms with E-state index in [1.165, 1.54) is 0 Å². The Hall–Kier alpha value is -1.85. The predicted molar refractivity (Wildman–Crippen MR) is 89.3 cm³/mol. The Labute approximate surface area is 135 Å². The Bertz CT molecular complexity index is 671. The van der Waals surface area contributed by atoms with Crippen molar-refractivity contribution in [1.29, 1.82) is 0 Å². The molecule has 0 bridgehead atoms. The van der Waals surface area contributed by atoms with Crippen LogP contribution in [0.15, 0.2) is 24.3 Å². The van der Waals surface area contributed by atoms with Crippen LogP contribution >= 0.6 is 11.6 Å². The molecular weight excluding hydrogens is 300 g/mol. The molecule has 0 amide bonds. The largest absolute Gasteiger partial charge is 0.378 e. The van der Waals surface area contributed by atoms with Gasteiger partial charge >= 0.3 is 0 Å². The highest BCUT2D eigenvalue weighted by molar-refractivity contribution is 6.30. The van der Waals surface area contributed by atoms with Crippen molar-refractivity contribution in [2.24, 2.45) is 0 Å². The number of aryl methyl sites for hydroxylation is 2. The predicted octanol–water partition coefficient (Wildman–Crippen LogP) is 3.33. The Balaban J connectivity index is 1.87. The average Bonchev–Trinajstić information content (AvgIpc) is 2.51. The van der Waals surface area contributed by atoms with Crippen LogP contribution in [0.1, 0.15) is 11.3 Å². The summed E-state index contributed by atoms with van der Waals surface area (Å²) in [6.45, 7) is 7.08. The van der Waals surface area contributed by atoms with E-state index < -0.39 is 0 Å². The topological polar surface area (TPSA) is 50.3 Å².